The van der Waals surface area contributed by atoms with Gasteiger partial charge in [0, 0.05) is 0 Å². The van der Waals surface area contributed by atoms with Crippen molar-refractivity contribution in [1.82, 2.24) is 0 Å². The van der Waals surface area contributed by atoms with Gasteiger partial charge >= 0.3 is 0 Å². The van der Waals surface area contributed by atoms with Gasteiger partial charge in [0.2, 0.25) is 0 Å². The molecule has 1 radical (unpaired) electrons. The maximum absolute atomic E-state index is 1.87. The lowest BCUT2D eigenvalue weighted by molar-refractivity contribution is 0.487. The van der Waals surface area contributed by atoms with Crippen molar-refractivity contribution >= 4 is 0 Å². The maximum atomic E-state index is 1.87. The van der Waals surface area contributed by atoms with E-state index in [1.807, 2.05) is 5.92 Å². The Labute approximate surface area is 51.3 Å². The number of hydrogen-bond donors (Lipinski definition) is 0. The fourth-order valence-electron chi connectivity index (χ4n) is 1.36. The van der Waals surface area contributed by atoms with Crippen LogP contribution in [-0.4, -0.2) is 0 Å². The van der Waals surface area contributed by atoms with Crippen LogP contribution in [-0.2, 0) is 0 Å². The van der Waals surface area contributed by atoms with E-state index in [0.717, 1.165) is 5.92 Å². The average molecular weight is 109 g/mol. The van der Waals surface area contributed by atoms with Gasteiger partial charge in [-0.15, -0.1) is 0 Å². The third-order valence-electron chi connectivity index (χ3n) is 2.33. The molecule has 2 aliphatic carbocycles. The highest BCUT2D eigenvalue weighted by molar-refractivity contribution is 5.01. The Kier molecular flexibility index (Phi) is 1.06. The Morgan fingerprint density at radius 3 is 2.38 bits per heavy atom. The molecule has 0 bridgehead atoms. The predicted octanol–water partition coefficient (Wildman–Crippen LogP) is 2.54. The lowest BCUT2D eigenvalue weighted by atomic mass is 9.82. The topological polar surface area (TPSA) is 0 Å². The van der Waals surface area contributed by atoms with Crippen molar-refractivity contribution in [3.8, 4) is 0 Å². The summed E-state index contributed by atoms with van der Waals surface area (Å²) in [6.07, 6.45) is 8.99. The predicted molar refractivity (Wildman–Crippen MR) is 34.4 cm³/mol. The molecule has 0 heterocycles. The highest BCUT2D eigenvalue weighted by atomic mass is 14.3. The minimum atomic E-state index is 1.14. The van der Waals surface area contributed by atoms with Crippen LogP contribution in [0.4, 0.5) is 0 Å². The van der Waals surface area contributed by atoms with Crippen molar-refractivity contribution in [3.63, 3.8) is 0 Å². The van der Waals surface area contributed by atoms with Gasteiger partial charge < -0.3 is 0 Å². The van der Waals surface area contributed by atoms with E-state index in [4.69, 9.17) is 0 Å². The molecular formula is C8H13. The van der Waals surface area contributed by atoms with Crippen molar-refractivity contribution in [2.24, 2.45) is 5.92 Å². The van der Waals surface area contributed by atoms with Gasteiger partial charge in [-0.3, -0.25) is 0 Å². The molecule has 0 aromatic heterocycles. The lowest BCUT2D eigenvalue weighted by Gasteiger charge is -2.24. The molecule has 0 amide bonds. The van der Waals surface area contributed by atoms with Crippen molar-refractivity contribution in [1.29, 1.82) is 0 Å². The summed E-state index contributed by atoms with van der Waals surface area (Å²) in [7, 11) is 0. The molecule has 0 aromatic carbocycles. The molecule has 8 heavy (non-hydrogen) atoms. The summed E-state index contributed by atoms with van der Waals surface area (Å²) < 4.78 is 0. The summed E-state index contributed by atoms with van der Waals surface area (Å²) in [4.78, 5) is 0. The standard InChI is InChI=1S/C8H13/c1-2-7(3-1)6-8-4-5-8/h8H,1-6H2. The molecular weight excluding hydrogens is 96.1 g/mol. The van der Waals surface area contributed by atoms with Crippen LogP contribution in [0.15, 0.2) is 0 Å². The average Bonchev–Trinajstić information content (AvgIpc) is 2.36. The minimum Gasteiger partial charge on any atom is -0.0522 e. The van der Waals surface area contributed by atoms with E-state index in [9.17, 15) is 0 Å². The second-order valence-corrected chi connectivity index (χ2v) is 3.25. The highest BCUT2D eigenvalue weighted by Crippen LogP contribution is 2.42. The summed E-state index contributed by atoms with van der Waals surface area (Å²) in [6, 6.07) is 0. The van der Waals surface area contributed by atoms with Gasteiger partial charge in [0.05, 0.1) is 0 Å². The lowest BCUT2D eigenvalue weighted by Crippen LogP contribution is -2.08. The molecule has 0 aromatic rings. The number of rotatable bonds is 2. The molecule has 0 heteroatoms. The summed E-state index contributed by atoms with van der Waals surface area (Å²) in [5.74, 6) is 3.01. The zero-order chi connectivity index (χ0) is 5.40. The van der Waals surface area contributed by atoms with Crippen molar-refractivity contribution in [2.45, 2.75) is 38.5 Å². The Morgan fingerprint density at radius 1 is 1.25 bits per heavy atom. The molecule has 0 nitrogen and oxygen atoms in total. The Morgan fingerprint density at radius 2 is 2.00 bits per heavy atom. The second-order valence-electron chi connectivity index (χ2n) is 3.25. The van der Waals surface area contributed by atoms with E-state index in [1.54, 1.807) is 0 Å². The summed E-state index contributed by atoms with van der Waals surface area (Å²) in [6.45, 7) is 0. The molecule has 2 rings (SSSR count). The van der Waals surface area contributed by atoms with Crippen LogP contribution in [0.1, 0.15) is 38.5 Å². The highest BCUT2D eigenvalue weighted by Gasteiger charge is 2.28. The van der Waals surface area contributed by atoms with Crippen LogP contribution in [0.5, 0.6) is 0 Å². The smallest absolute Gasteiger partial charge is 0.0238 e. The molecule has 0 atom stereocenters. The van der Waals surface area contributed by atoms with E-state index in [0.29, 0.717) is 0 Å². The first kappa shape index (κ1) is 4.84. The molecule has 0 saturated heterocycles. The van der Waals surface area contributed by atoms with Crippen LogP contribution < -0.4 is 0 Å². The van der Waals surface area contributed by atoms with Gasteiger partial charge in [0.15, 0.2) is 0 Å². The van der Waals surface area contributed by atoms with Crippen molar-refractivity contribution < 1.29 is 0 Å². The first-order valence-electron chi connectivity index (χ1n) is 3.79. The molecule has 45 valence electrons. The SMILES string of the molecule is C1C[C](CC2CC2)C1. The zero-order valence-corrected chi connectivity index (χ0v) is 5.32. The quantitative estimate of drug-likeness (QED) is 0.511. The summed E-state index contributed by atoms with van der Waals surface area (Å²) in [5.41, 5.74) is 0. The van der Waals surface area contributed by atoms with Crippen molar-refractivity contribution in [3.05, 3.63) is 5.92 Å². The van der Waals surface area contributed by atoms with E-state index >= 15 is 0 Å². The Hall–Kier alpha value is 0. The first-order chi connectivity index (χ1) is 3.95. The van der Waals surface area contributed by atoms with Crippen LogP contribution in [0.2, 0.25) is 0 Å². The third-order valence-corrected chi connectivity index (χ3v) is 2.33. The van der Waals surface area contributed by atoms with Crippen LogP contribution in [0, 0.1) is 11.8 Å². The van der Waals surface area contributed by atoms with Gasteiger partial charge in [-0.2, -0.15) is 0 Å². The van der Waals surface area contributed by atoms with Gasteiger partial charge in [0.1, 0.15) is 0 Å². The van der Waals surface area contributed by atoms with E-state index in [2.05, 4.69) is 0 Å². The molecule has 0 unspecified atom stereocenters. The maximum Gasteiger partial charge on any atom is -0.0238 e. The van der Waals surface area contributed by atoms with E-state index in [1.165, 1.54) is 38.5 Å². The molecule has 0 spiro atoms. The monoisotopic (exact) mass is 109 g/mol. The van der Waals surface area contributed by atoms with Crippen molar-refractivity contribution in [2.75, 3.05) is 0 Å². The molecule has 0 N–H and O–H groups in total. The third kappa shape index (κ3) is 0.888. The van der Waals surface area contributed by atoms with E-state index < -0.39 is 0 Å². The first-order valence-corrected chi connectivity index (χ1v) is 3.79. The molecule has 2 aliphatic rings. The molecule has 2 fully saturated rings. The van der Waals surface area contributed by atoms with E-state index in [-0.39, 0.29) is 0 Å². The Bertz CT molecular complexity index is 78.0. The van der Waals surface area contributed by atoms with Crippen LogP contribution in [0.3, 0.4) is 0 Å². The molecule has 0 aliphatic heterocycles. The normalized spacial score (nSPS) is 30.0. The van der Waals surface area contributed by atoms with Crippen LogP contribution in [0.25, 0.3) is 0 Å². The summed E-state index contributed by atoms with van der Waals surface area (Å²) in [5, 5.41) is 0. The van der Waals surface area contributed by atoms with Gasteiger partial charge in [-0.05, 0) is 31.1 Å². The zero-order valence-electron chi connectivity index (χ0n) is 5.32. The van der Waals surface area contributed by atoms with Gasteiger partial charge in [-0.25, -0.2) is 0 Å². The minimum absolute atomic E-state index is 1.14. The molecule has 2 saturated carbocycles. The van der Waals surface area contributed by atoms with Crippen LogP contribution >= 0.6 is 0 Å². The fraction of sp³-hybridized carbons (Fsp3) is 0.875. The Balaban J connectivity index is 1.66. The summed E-state index contributed by atoms with van der Waals surface area (Å²) >= 11 is 0. The largest absolute Gasteiger partial charge is 0.0522 e. The van der Waals surface area contributed by atoms with Gasteiger partial charge in [0.25, 0.3) is 0 Å². The number of hydrogen-bond acceptors (Lipinski definition) is 0. The fourth-order valence-corrected chi connectivity index (χ4v) is 1.36. The second kappa shape index (κ2) is 1.75. The van der Waals surface area contributed by atoms with Gasteiger partial charge in [-0.1, -0.05) is 19.3 Å².